The van der Waals surface area contributed by atoms with Crippen LogP contribution in [0.25, 0.3) is 10.4 Å². The first-order valence-electron chi connectivity index (χ1n) is 3.86. The number of azide groups is 1. The fourth-order valence-electron chi connectivity index (χ4n) is 0.922. The maximum Gasteiger partial charge on any atom is 0.184 e. The van der Waals surface area contributed by atoms with E-state index in [1.165, 1.54) is 12.1 Å². The van der Waals surface area contributed by atoms with E-state index in [-0.39, 0.29) is 4.90 Å². The van der Waals surface area contributed by atoms with Crippen LogP contribution in [0, 0.1) is 6.92 Å². The smallest absolute Gasteiger partial charge is 0.184 e. The summed E-state index contributed by atoms with van der Waals surface area (Å²) in [5.41, 5.74) is 8.99. The maximum absolute atomic E-state index is 11.4. The molecule has 0 amide bonds. The van der Waals surface area contributed by atoms with Crippen LogP contribution in [0.2, 0.25) is 0 Å². The predicted molar refractivity (Wildman–Crippen MR) is 52.4 cm³/mol. The van der Waals surface area contributed by atoms with Crippen LogP contribution in [0.15, 0.2) is 34.3 Å². The Labute approximate surface area is 81.9 Å². The summed E-state index contributed by atoms with van der Waals surface area (Å²) >= 11 is 0. The summed E-state index contributed by atoms with van der Waals surface area (Å²) in [6.07, 6.45) is 0. The molecular formula is C8H9N3O2S. The molecule has 1 rings (SSSR count). The number of aryl methyl sites for hydroxylation is 1. The lowest BCUT2D eigenvalue weighted by Gasteiger charge is -2.00. The minimum atomic E-state index is -3.46. The van der Waals surface area contributed by atoms with E-state index in [2.05, 4.69) is 10.0 Å². The van der Waals surface area contributed by atoms with E-state index in [4.69, 9.17) is 5.53 Å². The van der Waals surface area contributed by atoms with E-state index in [0.717, 1.165) is 5.56 Å². The highest BCUT2D eigenvalue weighted by atomic mass is 32.2. The van der Waals surface area contributed by atoms with Gasteiger partial charge in [0.2, 0.25) is 0 Å². The van der Waals surface area contributed by atoms with E-state index < -0.39 is 15.7 Å². The Bertz CT molecular complexity index is 458. The number of hydrogen-bond donors (Lipinski definition) is 0. The largest absolute Gasteiger partial charge is 0.224 e. The first-order chi connectivity index (χ1) is 6.56. The minimum Gasteiger partial charge on any atom is -0.224 e. The standard InChI is InChI=1S/C8H9N3O2S/c1-7-2-4-8(5-3-7)14(12,13)6-10-11-9/h2-5H,6H2,1H3. The summed E-state index contributed by atoms with van der Waals surface area (Å²) in [6.45, 7) is 1.86. The van der Waals surface area contributed by atoms with Crippen molar-refractivity contribution in [3.05, 3.63) is 40.3 Å². The van der Waals surface area contributed by atoms with Gasteiger partial charge in [-0.3, -0.25) is 0 Å². The molecule has 6 heteroatoms. The van der Waals surface area contributed by atoms with Crippen LogP contribution in [0.5, 0.6) is 0 Å². The zero-order chi connectivity index (χ0) is 10.6. The molecule has 0 aromatic heterocycles. The highest BCUT2D eigenvalue weighted by molar-refractivity contribution is 7.91. The summed E-state index contributed by atoms with van der Waals surface area (Å²) in [5, 5.41) is 3.03. The maximum atomic E-state index is 11.4. The lowest BCUT2D eigenvalue weighted by molar-refractivity contribution is 0.596. The molecule has 0 N–H and O–H groups in total. The normalized spacial score (nSPS) is 10.6. The number of benzene rings is 1. The first-order valence-corrected chi connectivity index (χ1v) is 5.52. The van der Waals surface area contributed by atoms with E-state index in [1.54, 1.807) is 12.1 Å². The molecule has 0 aliphatic carbocycles. The van der Waals surface area contributed by atoms with Crippen LogP contribution in [-0.4, -0.2) is 14.3 Å². The molecule has 0 unspecified atom stereocenters. The monoisotopic (exact) mass is 211 g/mol. The molecule has 0 saturated heterocycles. The molecule has 0 radical (unpaired) electrons. The zero-order valence-corrected chi connectivity index (χ0v) is 8.40. The molecular weight excluding hydrogens is 202 g/mol. The second-order valence-electron chi connectivity index (χ2n) is 2.79. The van der Waals surface area contributed by atoms with Crippen molar-refractivity contribution >= 4 is 9.84 Å². The molecule has 74 valence electrons. The Balaban J connectivity index is 3.04. The molecule has 0 atom stereocenters. The van der Waals surface area contributed by atoms with Crippen LogP contribution >= 0.6 is 0 Å². The molecule has 0 spiro atoms. The van der Waals surface area contributed by atoms with Gasteiger partial charge in [0.05, 0.1) is 4.90 Å². The van der Waals surface area contributed by atoms with Gasteiger partial charge >= 0.3 is 0 Å². The van der Waals surface area contributed by atoms with E-state index >= 15 is 0 Å². The molecule has 1 aromatic carbocycles. The lowest BCUT2D eigenvalue weighted by atomic mass is 10.2. The Morgan fingerprint density at radius 1 is 1.36 bits per heavy atom. The van der Waals surface area contributed by atoms with Gasteiger partial charge in [-0.25, -0.2) is 8.42 Å². The average Bonchev–Trinajstić information content (AvgIpc) is 2.16. The van der Waals surface area contributed by atoms with Crippen molar-refractivity contribution in [2.45, 2.75) is 11.8 Å². The van der Waals surface area contributed by atoms with Gasteiger partial charge in [0.25, 0.3) is 0 Å². The number of sulfone groups is 1. The topological polar surface area (TPSA) is 82.9 Å². The summed E-state index contributed by atoms with van der Waals surface area (Å²) in [5.74, 6) is -0.535. The van der Waals surface area contributed by atoms with Crippen LogP contribution in [0.4, 0.5) is 0 Å². The average molecular weight is 211 g/mol. The van der Waals surface area contributed by atoms with Gasteiger partial charge in [0, 0.05) is 4.91 Å². The van der Waals surface area contributed by atoms with Crippen LogP contribution in [0.1, 0.15) is 5.56 Å². The Morgan fingerprint density at radius 2 is 1.93 bits per heavy atom. The van der Waals surface area contributed by atoms with Crippen LogP contribution in [-0.2, 0) is 9.84 Å². The van der Waals surface area contributed by atoms with Crippen molar-refractivity contribution < 1.29 is 8.42 Å². The van der Waals surface area contributed by atoms with Gasteiger partial charge in [-0.2, -0.15) is 0 Å². The van der Waals surface area contributed by atoms with Gasteiger partial charge < -0.3 is 0 Å². The molecule has 0 bridgehead atoms. The van der Waals surface area contributed by atoms with Crippen molar-refractivity contribution in [2.75, 3.05) is 5.88 Å². The Hall–Kier alpha value is -1.52. The van der Waals surface area contributed by atoms with Gasteiger partial charge in [-0.1, -0.05) is 22.8 Å². The fourth-order valence-corrected chi connectivity index (χ4v) is 1.83. The van der Waals surface area contributed by atoms with Crippen LogP contribution < -0.4 is 0 Å². The number of nitrogens with zero attached hydrogens (tertiary/aromatic N) is 3. The third-order valence-corrected chi connectivity index (χ3v) is 3.12. The molecule has 0 fully saturated rings. The van der Waals surface area contributed by atoms with Gasteiger partial charge in [-0.15, -0.1) is 0 Å². The zero-order valence-electron chi connectivity index (χ0n) is 7.58. The molecule has 0 aliphatic rings. The Kier molecular flexibility index (Phi) is 3.11. The van der Waals surface area contributed by atoms with Crippen molar-refractivity contribution in [1.82, 2.24) is 0 Å². The highest BCUT2D eigenvalue weighted by Gasteiger charge is 2.11. The third kappa shape index (κ3) is 2.48. The summed E-state index contributed by atoms with van der Waals surface area (Å²) in [4.78, 5) is 2.59. The Morgan fingerprint density at radius 3 is 2.43 bits per heavy atom. The number of hydrogen-bond acceptors (Lipinski definition) is 3. The van der Waals surface area contributed by atoms with Crippen LogP contribution in [0.3, 0.4) is 0 Å². The first kappa shape index (κ1) is 10.6. The van der Waals surface area contributed by atoms with Crippen molar-refractivity contribution in [3.8, 4) is 0 Å². The molecule has 0 heterocycles. The molecule has 5 nitrogen and oxygen atoms in total. The lowest BCUT2D eigenvalue weighted by Crippen LogP contribution is -2.03. The fraction of sp³-hybridized carbons (Fsp3) is 0.250. The second kappa shape index (κ2) is 4.13. The van der Waals surface area contributed by atoms with Gasteiger partial charge in [0.15, 0.2) is 9.84 Å². The summed E-state index contributed by atoms with van der Waals surface area (Å²) < 4.78 is 22.9. The van der Waals surface area contributed by atoms with E-state index in [1.807, 2.05) is 6.92 Å². The SMILES string of the molecule is Cc1ccc(S(=O)(=O)CN=[N+]=[N-])cc1. The minimum absolute atomic E-state index is 0.176. The van der Waals surface area contributed by atoms with E-state index in [9.17, 15) is 8.42 Å². The molecule has 0 aliphatic heterocycles. The quantitative estimate of drug-likeness (QED) is 0.435. The van der Waals surface area contributed by atoms with Crippen molar-refractivity contribution in [1.29, 1.82) is 0 Å². The molecule has 0 saturated carbocycles. The van der Waals surface area contributed by atoms with Gasteiger partial charge in [-0.05, 0) is 24.6 Å². The van der Waals surface area contributed by atoms with E-state index in [0.29, 0.717) is 0 Å². The summed E-state index contributed by atoms with van der Waals surface area (Å²) in [6, 6.07) is 6.39. The van der Waals surface area contributed by atoms with Crippen molar-refractivity contribution in [3.63, 3.8) is 0 Å². The van der Waals surface area contributed by atoms with Gasteiger partial charge in [0.1, 0.15) is 5.88 Å². The second-order valence-corrected chi connectivity index (χ2v) is 4.75. The summed E-state index contributed by atoms with van der Waals surface area (Å²) in [7, 11) is -3.46. The molecule has 14 heavy (non-hydrogen) atoms. The third-order valence-electron chi connectivity index (χ3n) is 1.67. The predicted octanol–water partition coefficient (Wildman–Crippen LogP) is 2.04. The van der Waals surface area contributed by atoms with Crippen molar-refractivity contribution in [2.24, 2.45) is 5.11 Å². The number of rotatable bonds is 3. The highest BCUT2D eigenvalue weighted by Crippen LogP contribution is 2.12. The molecule has 1 aromatic rings.